The van der Waals surface area contributed by atoms with Crippen LogP contribution in [0.1, 0.15) is 27.0 Å². The molecule has 0 unspecified atom stereocenters. The molecule has 3 N–H and O–H groups in total. The van der Waals surface area contributed by atoms with Crippen LogP contribution in [0.2, 0.25) is 0 Å². The number of carbonyl (C=O) groups is 3. The van der Waals surface area contributed by atoms with Gasteiger partial charge in [-0.05, 0) is 53.2 Å². The van der Waals surface area contributed by atoms with Crippen LogP contribution in [0.25, 0.3) is 11.4 Å². The zero-order valence-electron chi connectivity index (χ0n) is 24.5. The van der Waals surface area contributed by atoms with E-state index in [1.165, 1.54) is 42.5 Å². The number of aromatic nitrogens is 4. The highest BCUT2D eigenvalue weighted by Gasteiger charge is 2.36. The van der Waals surface area contributed by atoms with Gasteiger partial charge in [0.05, 0.1) is 28.4 Å². The summed E-state index contributed by atoms with van der Waals surface area (Å²) in [7, 11) is 0. The Morgan fingerprint density at radius 3 is 2.51 bits per heavy atom. The molecule has 47 heavy (non-hydrogen) atoms. The average Bonchev–Trinajstić information content (AvgIpc) is 3.58. The SMILES string of the molecule is Cc1cccc2c1N(CC(=O)c1ccccc1[N+](=O)[O-])C(=O)[C@H](NC(=O)Nc1cccc(-c3nnn[nH]3)c1)N=C2c1ccccc1F. The molecule has 0 saturated carbocycles. The van der Waals surface area contributed by atoms with Crippen LogP contribution in [0, 0.1) is 22.9 Å². The van der Waals surface area contributed by atoms with Gasteiger partial charge in [-0.2, -0.15) is 0 Å². The van der Waals surface area contributed by atoms with Crippen LogP contribution < -0.4 is 15.5 Å². The van der Waals surface area contributed by atoms with Crippen LogP contribution in [0.5, 0.6) is 0 Å². The van der Waals surface area contributed by atoms with E-state index in [1.807, 2.05) is 0 Å². The number of nitro groups is 1. The van der Waals surface area contributed by atoms with Crippen molar-refractivity contribution in [3.63, 3.8) is 0 Å². The van der Waals surface area contributed by atoms with Gasteiger partial charge in [-0.1, -0.05) is 54.6 Å². The topological polar surface area (TPSA) is 188 Å². The molecule has 14 nitrogen and oxygen atoms in total. The first kappa shape index (κ1) is 30.4. The summed E-state index contributed by atoms with van der Waals surface area (Å²) in [5, 5.41) is 30.4. The molecule has 3 amide bonds. The van der Waals surface area contributed by atoms with Crippen LogP contribution in [0.15, 0.2) is 96.0 Å². The predicted octanol–water partition coefficient (Wildman–Crippen LogP) is 4.44. The molecule has 0 saturated heterocycles. The van der Waals surface area contributed by atoms with Gasteiger partial charge in [-0.15, -0.1) is 5.10 Å². The molecule has 0 spiro atoms. The molecule has 2 heterocycles. The van der Waals surface area contributed by atoms with Crippen molar-refractivity contribution in [2.75, 3.05) is 16.8 Å². The smallest absolute Gasteiger partial charge is 0.308 e. The van der Waals surface area contributed by atoms with Crippen molar-refractivity contribution >= 4 is 40.5 Å². The van der Waals surface area contributed by atoms with E-state index in [4.69, 9.17) is 0 Å². The number of halogens is 1. The largest absolute Gasteiger partial charge is 0.321 e. The number of fused-ring (bicyclic) bond motifs is 1. The monoisotopic (exact) mass is 633 g/mol. The van der Waals surface area contributed by atoms with Gasteiger partial charge in [0, 0.05) is 28.4 Å². The van der Waals surface area contributed by atoms with Gasteiger partial charge < -0.3 is 15.5 Å². The number of aryl methyl sites for hydroxylation is 1. The third kappa shape index (κ3) is 6.17. The number of nitrogens with zero attached hydrogens (tertiary/aromatic N) is 6. The van der Waals surface area contributed by atoms with Gasteiger partial charge in [0.15, 0.2) is 11.6 Å². The summed E-state index contributed by atoms with van der Waals surface area (Å²) >= 11 is 0. The van der Waals surface area contributed by atoms with Crippen molar-refractivity contribution in [1.82, 2.24) is 25.9 Å². The molecular weight excluding hydrogens is 609 g/mol. The van der Waals surface area contributed by atoms with Crippen LogP contribution in [0.3, 0.4) is 0 Å². The van der Waals surface area contributed by atoms with Crippen LogP contribution in [0.4, 0.5) is 26.2 Å². The Balaban J connectivity index is 1.40. The fraction of sp³-hybridized carbons (Fsp3) is 0.0938. The lowest BCUT2D eigenvalue weighted by Crippen LogP contribution is -2.50. The van der Waals surface area contributed by atoms with Crippen molar-refractivity contribution in [1.29, 1.82) is 0 Å². The normalized spacial score (nSPS) is 14.1. The average molecular weight is 634 g/mol. The lowest BCUT2D eigenvalue weighted by molar-refractivity contribution is -0.385. The van der Waals surface area contributed by atoms with Crippen molar-refractivity contribution in [2.24, 2.45) is 4.99 Å². The quantitative estimate of drug-likeness (QED) is 0.127. The predicted molar refractivity (Wildman–Crippen MR) is 169 cm³/mol. The van der Waals surface area contributed by atoms with E-state index in [0.29, 0.717) is 28.2 Å². The molecule has 15 heteroatoms. The summed E-state index contributed by atoms with van der Waals surface area (Å²) in [4.78, 5) is 57.9. The van der Waals surface area contributed by atoms with Gasteiger partial charge in [0.2, 0.25) is 6.17 Å². The Kier molecular flexibility index (Phi) is 8.25. The Labute approximate surface area is 265 Å². The first-order valence-electron chi connectivity index (χ1n) is 14.1. The highest BCUT2D eigenvalue weighted by atomic mass is 19.1. The highest BCUT2D eigenvalue weighted by molar-refractivity contribution is 6.22. The molecule has 1 aliphatic rings. The maximum atomic E-state index is 15.3. The number of urea groups is 1. The number of tetrazole rings is 1. The molecular formula is C32H24FN9O5. The Morgan fingerprint density at radius 2 is 1.74 bits per heavy atom. The number of benzodiazepines with no additional fused rings is 1. The summed E-state index contributed by atoms with van der Waals surface area (Å²) in [6.07, 6.45) is -1.64. The molecule has 0 bridgehead atoms. The number of H-pyrrole nitrogens is 1. The number of nitro benzene ring substituents is 1. The van der Waals surface area contributed by atoms with E-state index in [0.717, 1.165) is 4.90 Å². The molecule has 1 aliphatic heterocycles. The molecule has 0 radical (unpaired) electrons. The van der Waals surface area contributed by atoms with Crippen molar-refractivity contribution in [3.8, 4) is 11.4 Å². The lowest BCUT2D eigenvalue weighted by atomic mass is 9.97. The molecule has 6 rings (SSSR count). The van der Waals surface area contributed by atoms with Gasteiger partial charge in [0.25, 0.3) is 11.6 Å². The zero-order chi connectivity index (χ0) is 33.1. The number of aromatic amines is 1. The molecule has 5 aromatic rings. The van der Waals surface area contributed by atoms with Gasteiger partial charge in [-0.3, -0.25) is 19.7 Å². The molecule has 0 aliphatic carbocycles. The lowest BCUT2D eigenvalue weighted by Gasteiger charge is -2.26. The van der Waals surface area contributed by atoms with Crippen molar-refractivity contribution in [2.45, 2.75) is 13.1 Å². The zero-order valence-corrected chi connectivity index (χ0v) is 24.5. The molecule has 1 aromatic heterocycles. The maximum Gasteiger partial charge on any atom is 0.321 e. The first-order chi connectivity index (χ1) is 22.7. The van der Waals surface area contributed by atoms with Crippen LogP contribution >= 0.6 is 0 Å². The summed E-state index contributed by atoms with van der Waals surface area (Å²) in [5.41, 5.74) is 1.48. The number of hydrogen-bond donors (Lipinski definition) is 3. The van der Waals surface area contributed by atoms with Crippen LogP contribution in [-0.2, 0) is 4.79 Å². The minimum absolute atomic E-state index is 0.0552. The minimum atomic E-state index is -1.64. The Bertz CT molecular complexity index is 2070. The number of aliphatic imine (C=N–C) groups is 1. The number of rotatable bonds is 8. The van der Waals surface area contributed by atoms with E-state index in [-0.39, 0.29) is 22.5 Å². The van der Waals surface area contributed by atoms with E-state index in [1.54, 1.807) is 55.5 Å². The van der Waals surface area contributed by atoms with E-state index >= 15 is 4.39 Å². The number of hydrogen-bond acceptors (Lipinski definition) is 9. The van der Waals surface area contributed by atoms with E-state index < -0.39 is 46.9 Å². The number of ketones is 1. The Hall–Kier alpha value is -6.64. The summed E-state index contributed by atoms with van der Waals surface area (Å²) in [5.74, 6) is -1.82. The van der Waals surface area contributed by atoms with E-state index in [2.05, 4.69) is 36.3 Å². The third-order valence-electron chi connectivity index (χ3n) is 7.36. The molecule has 1 atom stereocenters. The standard InChI is InChI=1S/C32H24FN9O5/c1-18-8-6-13-23-27(21-11-2-4-14-24(21)33)35-30(36-32(45)34-20-10-7-9-19(16-20)29-37-39-40-38-29)31(44)41(28(18)23)17-26(43)22-12-3-5-15-25(22)42(46)47/h2-16,30H,17H2,1H3,(H2,34,36,45)(H,37,38,39,40)/t30-/m0/s1. The summed E-state index contributed by atoms with van der Waals surface area (Å²) < 4.78 is 15.3. The number of Topliss-reactive ketones (excluding diaryl/α,β-unsaturated/α-hetero) is 1. The second-order valence-electron chi connectivity index (χ2n) is 10.4. The number of carbonyl (C=O) groups excluding carboxylic acids is 3. The van der Waals surface area contributed by atoms with Gasteiger partial charge in [-0.25, -0.2) is 19.3 Å². The van der Waals surface area contributed by atoms with Gasteiger partial charge in [0.1, 0.15) is 5.82 Å². The van der Waals surface area contributed by atoms with Crippen LogP contribution in [-0.4, -0.2) is 61.7 Å². The summed E-state index contributed by atoms with van der Waals surface area (Å²) in [6.45, 7) is 1.07. The third-order valence-corrected chi connectivity index (χ3v) is 7.36. The number of amides is 3. The minimum Gasteiger partial charge on any atom is -0.308 e. The van der Waals surface area contributed by atoms with Crippen molar-refractivity contribution in [3.05, 3.63) is 129 Å². The summed E-state index contributed by atoms with van der Waals surface area (Å²) in [6, 6.07) is 22.0. The number of benzene rings is 4. The van der Waals surface area contributed by atoms with Gasteiger partial charge >= 0.3 is 6.03 Å². The first-order valence-corrected chi connectivity index (χ1v) is 14.1. The fourth-order valence-corrected chi connectivity index (χ4v) is 5.25. The van der Waals surface area contributed by atoms with Crippen molar-refractivity contribution < 1.29 is 23.7 Å². The number of anilines is 2. The number of para-hydroxylation sites is 2. The molecule has 4 aromatic carbocycles. The highest BCUT2D eigenvalue weighted by Crippen LogP contribution is 2.33. The fourth-order valence-electron chi connectivity index (χ4n) is 5.25. The Morgan fingerprint density at radius 1 is 1.00 bits per heavy atom. The second-order valence-corrected chi connectivity index (χ2v) is 10.4. The maximum absolute atomic E-state index is 15.3. The molecule has 0 fully saturated rings. The number of nitrogens with one attached hydrogen (secondary N) is 3. The second kappa shape index (κ2) is 12.8. The van der Waals surface area contributed by atoms with E-state index in [9.17, 15) is 24.5 Å². The molecule has 234 valence electrons.